The molecule has 3 atom stereocenters. The third kappa shape index (κ3) is 1.93. The van der Waals surface area contributed by atoms with Gasteiger partial charge >= 0.3 is 0 Å². The summed E-state index contributed by atoms with van der Waals surface area (Å²) in [6, 6.07) is 7.11. The number of hydrogen-bond donors (Lipinski definition) is 1. The highest BCUT2D eigenvalue weighted by Gasteiger charge is 2.34. The molecule has 0 aromatic heterocycles. The summed E-state index contributed by atoms with van der Waals surface area (Å²) in [6.07, 6.45) is 4.15. The zero-order chi connectivity index (χ0) is 12.7. The summed E-state index contributed by atoms with van der Waals surface area (Å²) in [4.78, 5) is 2.65. The minimum absolute atomic E-state index is 0.751. The summed E-state index contributed by atoms with van der Waals surface area (Å²) in [5, 5.41) is 0. The van der Waals surface area contributed by atoms with Crippen molar-refractivity contribution in [1.29, 1.82) is 0 Å². The van der Waals surface area contributed by atoms with Crippen LogP contribution < -0.4 is 5.73 Å². The van der Waals surface area contributed by atoms with Crippen molar-refractivity contribution < 1.29 is 0 Å². The number of fused-ring (bicyclic) bond motifs is 1. The molecule has 1 aliphatic heterocycles. The van der Waals surface area contributed by atoms with Gasteiger partial charge in [0.15, 0.2) is 0 Å². The molecule has 1 aromatic carbocycles. The van der Waals surface area contributed by atoms with Gasteiger partial charge in [-0.05, 0) is 35.4 Å². The Hall–Kier alpha value is -1.02. The molecule has 0 amide bonds. The molecule has 18 heavy (non-hydrogen) atoms. The highest BCUT2D eigenvalue weighted by atomic mass is 15.2. The maximum Gasteiger partial charge on any atom is 0.0363 e. The standard InChI is InChI=1S/C16H24N2/c1-11-5-3-8-16(12(11)2)18-9-13-6-4-7-15(17)14(13)10-18/h4,6-7,11-12,16H,3,5,8-10,17H2,1-2H3. The van der Waals surface area contributed by atoms with E-state index in [0.717, 1.165) is 36.7 Å². The van der Waals surface area contributed by atoms with Gasteiger partial charge in [-0.2, -0.15) is 0 Å². The zero-order valence-electron chi connectivity index (χ0n) is 11.5. The van der Waals surface area contributed by atoms with E-state index in [1.54, 1.807) is 0 Å². The van der Waals surface area contributed by atoms with E-state index < -0.39 is 0 Å². The van der Waals surface area contributed by atoms with Crippen LogP contribution in [0.2, 0.25) is 0 Å². The fourth-order valence-electron chi connectivity index (χ4n) is 3.78. The van der Waals surface area contributed by atoms with Crippen LogP contribution in [0.25, 0.3) is 0 Å². The highest BCUT2D eigenvalue weighted by molar-refractivity contribution is 5.52. The van der Waals surface area contributed by atoms with E-state index in [0.29, 0.717) is 0 Å². The van der Waals surface area contributed by atoms with Gasteiger partial charge in [-0.1, -0.05) is 38.8 Å². The molecule has 3 rings (SSSR count). The van der Waals surface area contributed by atoms with E-state index >= 15 is 0 Å². The van der Waals surface area contributed by atoms with E-state index in [2.05, 4.69) is 30.9 Å². The van der Waals surface area contributed by atoms with Crippen LogP contribution in [0.1, 0.15) is 44.2 Å². The van der Waals surface area contributed by atoms with Crippen LogP contribution in [-0.2, 0) is 13.1 Å². The van der Waals surface area contributed by atoms with Crippen molar-refractivity contribution in [3.05, 3.63) is 29.3 Å². The Morgan fingerprint density at radius 1 is 1.17 bits per heavy atom. The second kappa shape index (κ2) is 4.58. The summed E-state index contributed by atoms with van der Waals surface area (Å²) in [7, 11) is 0. The van der Waals surface area contributed by atoms with E-state index in [9.17, 15) is 0 Å². The third-order valence-corrected chi connectivity index (χ3v) is 5.18. The summed E-state index contributed by atoms with van der Waals surface area (Å²) < 4.78 is 0. The number of nitrogen functional groups attached to an aromatic ring is 1. The van der Waals surface area contributed by atoms with Gasteiger partial charge < -0.3 is 5.73 Å². The molecule has 2 aliphatic rings. The topological polar surface area (TPSA) is 29.3 Å². The van der Waals surface area contributed by atoms with Crippen LogP contribution in [0.15, 0.2) is 18.2 Å². The van der Waals surface area contributed by atoms with Crippen molar-refractivity contribution >= 4 is 5.69 Å². The number of anilines is 1. The summed E-state index contributed by atoms with van der Waals surface area (Å²) in [5.74, 6) is 1.68. The van der Waals surface area contributed by atoms with Crippen LogP contribution in [0.5, 0.6) is 0 Å². The lowest BCUT2D eigenvalue weighted by Crippen LogP contribution is -2.41. The Labute approximate surface area is 110 Å². The van der Waals surface area contributed by atoms with Crippen molar-refractivity contribution in [2.75, 3.05) is 5.73 Å². The molecule has 0 spiro atoms. The lowest BCUT2D eigenvalue weighted by molar-refractivity contribution is 0.0792. The Morgan fingerprint density at radius 2 is 2.00 bits per heavy atom. The fourth-order valence-corrected chi connectivity index (χ4v) is 3.78. The van der Waals surface area contributed by atoms with Gasteiger partial charge in [0.1, 0.15) is 0 Å². The minimum atomic E-state index is 0.751. The molecule has 2 N–H and O–H groups in total. The van der Waals surface area contributed by atoms with Gasteiger partial charge in [0.2, 0.25) is 0 Å². The monoisotopic (exact) mass is 244 g/mol. The molecule has 2 heteroatoms. The van der Waals surface area contributed by atoms with E-state index in [1.165, 1.54) is 30.4 Å². The molecule has 2 nitrogen and oxygen atoms in total. The first-order valence-corrected chi connectivity index (χ1v) is 7.27. The Bertz CT molecular complexity index is 441. The predicted octanol–water partition coefficient (Wildman–Crippen LogP) is 3.41. The molecule has 0 bridgehead atoms. The Kier molecular flexibility index (Phi) is 3.06. The molecule has 1 aromatic rings. The quantitative estimate of drug-likeness (QED) is 0.767. The van der Waals surface area contributed by atoms with E-state index in [-0.39, 0.29) is 0 Å². The normalized spacial score (nSPS) is 32.4. The van der Waals surface area contributed by atoms with Crippen LogP contribution in [0.3, 0.4) is 0 Å². The first kappa shape index (κ1) is 12.0. The molecule has 1 saturated carbocycles. The van der Waals surface area contributed by atoms with Crippen LogP contribution >= 0.6 is 0 Å². The SMILES string of the molecule is CC1CCCC(N2Cc3cccc(N)c3C2)C1C. The van der Waals surface area contributed by atoms with Crippen molar-refractivity contribution in [1.82, 2.24) is 4.90 Å². The van der Waals surface area contributed by atoms with Crippen molar-refractivity contribution in [2.45, 2.75) is 52.2 Å². The Morgan fingerprint density at radius 3 is 2.78 bits per heavy atom. The molecule has 1 heterocycles. The number of benzene rings is 1. The van der Waals surface area contributed by atoms with Crippen LogP contribution in [0, 0.1) is 11.8 Å². The average Bonchev–Trinajstić information content (AvgIpc) is 2.78. The molecule has 3 unspecified atom stereocenters. The van der Waals surface area contributed by atoms with Crippen molar-refractivity contribution in [3.8, 4) is 0 Å². The number of rotatable bonds is 1. The van der Waals surface area contributed by atoms with Crippen molar-refractivity contribution in [3.63, 3.8) is 0 Å². The lowest BCUT2D eigenvalue weighted by atomic mass is 9.77. The van der Waals surface area contributed by atoms with Crippen LogP contribution in [0.4, 0.5) is 5.69 Å². The first-order valence-electron chi connectivity index (χ1n) is 7.27. The number of nitrogens with two attached hydrogens (primary N) is 1. The largest absolute Gasteiger partial charge is 0.398 e. The number of hydrogen-bond acceptors (Lipinski definition) is 2. The smallest absolute Gasteiger partial charge is 0.0363 e. The molecule has 98 valence electrons. The maximum atomic E-state index is 6.10. The van der Waals surface area contributed by atoms with Crippen LogP contribution in [-0.4, -0.2) is 10.9 Å². The molecule has 0 radical (unpaired) electrons. The summed E-state index contributed by atoms with van der Waals surface area (Å²) in [6.45, 7) is 7.00. The van der Waals surface area contributed by atoms with Gasteiger partial charge in [0.05, 0.1) is 0 Å². The first-order chi connectivity index (χ1) is 8.66. The average molecular weight is 244 g/mol. The highest BCUT2D eigenvalue weighted by Crippen LogP contribution is 2.37. The Balaban J connectivity index is 1.79. The zero-order valence-corrected chi connectivity index (χ0v) is 11.5. The van der Waals surface area contributed by atoms with E-state index in [4.69, 9.17) is 5.73 Å². The molecule has 0 saturated heterocycles. The fraction of sp³-hybridized carbons (Fsp3) is 0.625. The van der Waals surface area contributed by atoms with Gasteiger partial charge in [-0.25, -0.2) is 0 Å². The molecular weight excluding hydrogens is 220 g/mol. The lowest BCUT2D eigenvalue weighted by Gasteiger charge is -2.39. The maximum absolute atomic E-state index is 6.10. The second-order valence-corrected chi connectivity index (χ2v) is 6.22. The van der Waals surface area contributed by atoms with E-state index in [1.807, 2.05) is 6.07 Å². The molecular formula is C16H24N2. The molecule has 1 fully saturated rings. The van der Waals surface area contributed by atoms with Gasteiger partial charge in [-0.15, -0.1) is 0 Å². The minimum Gasteiger partial charge on any atom is -0.398 e. The molecule has 1 aliphatic carbocycles. The summed E-state index contributed by atoms with van der Waals surface area (Å²) in [5.41, 5.74) is 9.90. The third-order valence-electron chi connectivity index (χ3n) is 5.18. The predicted molar refractivity (Wildman–Crippen MR) is 76.1 cm³/mol. The number of nitrogens with zero attached hydrogens (tertiary/aromatic N) is 1. The van der Waals surface area contributed by atoms with Crippen molar-refractivity contribution in [2.24, 2.45) is 11.8 Å². The summed E-state index contributed by atoms with van der Waals surface area (Å²) >= 11 is 0. The van der Waals surface area contributed by atoms with Gasteiger partial charge in [0, 0.05) is 24.8 Å². The van der Waals surface area contributed by atoms with Gasteiger partial charge in [-0.3, -0.25) is 4.90 Å². The second-order valence-electron chi connectivity index (χ2n) is 6.22. The van der Waals surface area contributed by atoms with Gasteiger partial charge in [0.25, 0.3) is 0 Å².